The number of hydrogen-bond acceptors (Lipinski definition) is 1. The summed E-state index contributed by atoms with van der Waals surface area (Å²) in [6.07, 6.45) is 0. The molecule has 0 unspecified atom stereocenters. The molecule has 1 rings (SSSR count). The zero-order valence-electron chi connectivity index (χ0n) is 5.31. The van der Waals surface area contributed by atoms with Crippen molar-refractivity contribution in [1.29, 1.82) is 0 Å². The van der Waals surface area contributed by atoms with Crippen LogP contribution in [-0.2, 0) is 0 Å². The van der Waals surface area contributed by atoms with Crippen LogP contribution >= 0.6 is 34.8 Å². The van der Waals surface area contributed by atoms with E-state index in [0.29, 0.717) is 15.6 Å². The molecule has 0 bridgehead atoms. The molecule has 0 atom stereocenters. The largest absolute Gasteiger partial charge is 0.385 e. The molecule has 1 aromatic rings. The maximum atomic E-state index is 8.67. The van der Waals surface area contributed by atoms with E-state index in [0.717, 1.165) is 6.61 Å². The zero-order chi connectivity index (χ0) is 8.43. The second-order valence-electron chi connectivity index (χ2n) is 1.89. The van der Waals surface area contributed by atoms with Crippen molar-refractivity contribution in [3.63, 3.8) is 0 Å². The highest BCUT2D eigenvalue weighted by Gasteiger charge is 2.07. The highest BCUT2D eigenvalue weighted by atomic mass is 35.5. The van der Waals surface area contributed by atoms with Gasteiger partial charge in [0.15, 0.2) is 0 Å². The number of hydrogen-bond donors (Lipinski definition) is 1. The number of benzene rings is 1. The Balaban J connectivity index is 3.29. The fourth-order valence-electron chi connectivity index (χ4n) is 0.661. The lowest BCUT2D eigenvalue weighted by Gasteiger charge is -2.03. The molecule has 1 aromatic carbocycles. The second kappa shape index (κ2) is 3.63. The van der Waals surface area contributed by atoms with Crippen LogP contribution in [0.25, 0.3) is 0 Å². The van der Waals surface area contributed by atoms with Gasteiger partial charge >= 0.3 is 0 Å². The van der Waals surface area contributed by atoms with Crippen LogP contribution < -0.4 is 0 Å². The highest BCUT2D eigenvalue weighted by Crippen LogP contribution is 2.31. The molecule has 0 aliphatic rings. The van der Waals surface area contributed by atoms with Crippen LogP contribution in [-0.4, -0.2) is 5.11 Å². The molecule has 0 aliphatic heterocycles. The third-order valence-corrected chi connectivity index (χ3v) is 2.36. The lowest BCUT2D eigenvalue weighted by molar-refractivity contribution is 0.415. The van der Waals surface area contributed by atoms with Gasteiger partial charge in [0.2, 0.25) is 0 Å². The summed E-state index contributed by atoms with van der Waals surface area (Å²) in [6.45, 7) is 0.830. The monoisotopic (exact) mass is 209 g/mol. The topological polar surface area (TPSA) is 20.2 Å². The molecule has 0 heterocycles. The third-order valence-electron chi connectivity index (χ3n) is 1.21. The first-order valence-corrected chi connectivity index (χ1v) is 3.91. The number of aliphatic hydroxyl groups is 1. The molecule has 0 spiro atoms. The van der Waals surface area contributed by atoms with Crippen molar-refractivity contribution in [2.75, 3.05) is 0 Å². The first-order valence-electron chi connectivity index (χ1n) is 2.77. The van der Waals surface area contributed by atoms with E-state index in [9.17, 15) is 0 Å². The van der Waals surface area contributed by atoms with Gasteiger partial charge in [-0.15, -0.1) is 0 Å². The zero-order valence-corrected chi connectivity index (χ0v) is 7.58. The van der Waals surface area contributed by atoms with Gasteiger partial charge < -0.3 is 5.11 Å². The highest BCUT2D eigenvalue weighted by molar-refractivity contribution is 6.44. The first-order chi connectivity index (χ1) is 5.16. The molecule has 0 aromatic heterocycles. The molecule has 0 amide bonds. The summed E-state index contributed by atoms with van der Waals surface area (Å²) in [6, 6.07) is 3.14. The normalized spacial score (nSPS) is 10.2. The minimum atomic E-state index is 0.265. The number of halogens is 3. The molecule has 1 radical (unpaired) electrons. The van der Waals surface area contributed by atoms with Crippen LogP contribution in [0.15, 0.2) is 12.1 Å². The fraction of sp³-hybridized carbons (Fsp3) is 0. The van der Waals surface area contributed by atoms with Gasteiger partial charge in [0, 0.05) is 10.6 Å². The van der Waals surface area contributed by atoms with Crippen LogP contribution in [0.3, 0.4) is 0 Å². The van der Waals surface area contributed by atoms with Gasteiger partial charge in [0.05, 0.1) is 10.0 Å². The molecule has 1 N–H and O–H groups in total. The molecular formula is C7H4Cl3O. The predicted octanol–water partition coefficient (Wildman–Crippen LogP) is 3.53. The van der Waals surface area contributed by atoms with E-state index in [1.54, 1.807) is 12.1 Å². The van der Waals surface area contributed by atoms with Gasteiger partial charge in [-0.05, 0) is 12.1 Å². The average Bonchev–Trinajstić information content (AvgIpc) is 1.99. The number of rotatable bonds is 1. The standard InChI is InChI=1S/C7H4Cl3O/c8-5-1-2-6(9)7(10)4(5)3-11/h1-3,11H. The quantitative estimate of drug-likeness (QED) is 0.703. The van der Waals surface area contributed by atoms with E-state index < -0.39 is 0 Å². The Hall–Kier alpha value is 0.0500. The molecule has 59 valence electrons. The smallest absolute Gasteiger partial charge is 0.112 e. The molecular weight excluding hydrogens is 206 g/mol. The Morgan fingerprint density at radius 3 is 2.09 bits per heavy atom. The van der Waals surface area contributed by atoms with E-state index in [1.165, 1.54) is 0 Å². The van der Waals surface area contributed by atoms with Crippen LogP contribution in [0.2, 0.25) is 15.1 Å². The fourth-order valence-corrected chi connectivity index (χ4v) is 1.29. The van der Waals surface area contributed by atoms with E-state index >= 15 is 0 Å². The summed E-state index contributed by atoms with van der Waals surface area (Å²) in [4.78, 5) is 0. The molecule has 0 saturated heterocycles. The van der Waals surface area contributed by atoms with Crippen molar-refractivity contribution in [3.8, 4) is 0 Å². The molecule has 0 aliphatic carbocycles. The van der Waals surface area contributed by atoms with Crippen molar-refractivity contribution in [3.05, 3.63) is 39.4 Å². The molecule has 1 nitrogen and oxygen atoms in total. The van der Waals surface area contributed by atoms with E-state index in [1.807, 2.05) is 0 Å². The van der Waals surface area contributed by atoms with Crippen molar-refractivity contribution in [2.45, 2.75) is 0 Å². The minimum absolute atomic E-state index is 0.265. The lowest BCUT2D eigenvalue weighted by atomic mass is 10.2. The molecule has 4 heteroatoms. The summed E-state index contributed by atoms with van der Waals surface area (Å²) >= 11 is 17.0. The second-order valence-corrected chi connectivity index (χ2v) is 3.08. The van der Waals surface area contributed by atoms with Crippen LogP contribution in [0.5, 0.6) is 0 Å². The maximum Gasteiger partial charge on any atom is 0.112 e. The van der Waals surface area contributed by atoms with Gasteiger partial charge in [-0.2, -0.15) is 0 Å². The summed E-state index contributed by atoms with van der Waals surface area (Å²) in [5.41, 5.74) is 0.348. The van der Waals surface area contributed by atoms with E-state index in [-0.39, 0.29) is 5.02 Å². The Morgan fingerprint density at radius 1 is 1.09 bits per heavy atom. The summed E-state index contributed by atoms with van der Waals surface area (Å²) in [5, 5.41) is 9.68. The first kappa shape index (κ1) is 9.14. The van der Waals surface area contributed by atoms with Crippen molar-refractivity contribution < 1.29 is 5.11 Å². The average molecular weight is 210 g/mol. The molecule has 0 fully saturated rings. The molecule has 0 saturated carbocycles. The van der Waals surface area contributed by atoms with E-state index in [2.05, 4.69) is 0 Å². The SMILES string of the molecule is O[CH]c1c(Cl)ccc(Cl)c1Cl. The van der Waals surface area contributed by atoms with Crippen molar-refractivity contribution in [2.24, 2.45) is 0 Å². The predicted molar refractivity (Wildman–Crippen MR) is 46.8 cm³/mol. The van der Waals surface area contributed by atoms with Crippen molar-refractivity contribution in [1.82, 2.24) is 0 Å². The van der Waals surface area contributed by atoms with Crippen LogP contribution in [0, 0.1) is 6.61 Å². The Kier molecular flexibility index (Phi) is 3.02. The Bertz CT molecular complexity index is 273. The van der Waals surface area contributed by atoms with Gasteiger partial charge in [-0.1, -0.05) is 34.8 Å². The van der Waals surface area contributed by atoms with E-state index in [4.69, 9.17) is 39.9 Å². The number of aliphatic hydroxyl groups excluding tert-OH is 1. The van der Waals surface area contributed by atoms with Crippen LogP contribution in [0.4, 0.5) is 0 Å². The minimum Gasteiger partial charge on any atom is -0.385 e. The maximum absolute atomic E-state index is 8.67. The van der Waals surface area contributed by atoms with Crippen LogP contribution in [0.1, 0.15) is 5.56 Å². The Labute approximate surface area is 79.5 Å². The third kappa shape index (κ3) is 1.79. The summed E-state index contributed by atoms with van der Waals surface area (Å²) in [7, 11) is 0. The summed E-state index contributed by atoms with van der Waals surface area (Å²) < 4.78 is 0. The molecule has 11 heavy (non-hydrogen) atoms. The van der Waals surface area contributed by atoms with Crippen molar-refractivity contribution >= 4 is 34.8 Å². The Morgan fingerprint density at radius 2 is 1.64 bits per heavy atom. The summed E-state index contributed by atoms with van der Waals surface area (Å²) in [5.74, 6) is 0. The van der Waals surface area contributed by atoms with Gasteiger partial charge in [-0.25, -0.2) is 0 Å². The van der Waals surface area contributed by atoms with Gasteiger partial charge in [-0.3, -0.25) is 0 Å². The lowest BCUT2D eigenvalue weighted by Crippen LogP contribution is -1.84. The van der Waals surface area contributed by atoms with Gasteiger partial charge in [0.25, 0.3) is 0 Å². The van der Waals surface area contributed by atoms with Gasteiger partial charge in [0.1, 0.15) is 6.61 Å².